The van der Waals surface area contributed by atoms with Crippen LogP contribution in [0.15, 0.2) is 36.7 Å². The highest BCUT2D eigenvalue weighted by atomic mass is 32.1. The van der Waals surface area contributed by atoms with Gasteiger partial charge in [0.25, 0.3) is 0 Å². The summed E-state index contributed by atoms with van der Waals surface area (Å²) in [7, 11) is 0. The number of imidazole rings is 1. The normalized spacial score (nSPS) is 18.7. The second-order valence-electron chi connectivity index (χ2n) is 3.51. The minimum Gasteiger partial charge on any atom is -0.335 e. The van der Waals surface area contributed by atoms with E-state index in [0.717, 1.165) is 6.42 Å². The molecular weight excluding hydrogens is 224 g/mol. The van der Waals surface area contributed by atoms with Crippen molar-refractivity contribution in [2.24, 2.45) is 0 Å². The molecule has 84 valence electrons. The van der Waals surface area contributed by atoms with E-state index in [9.17, 15) is 4.79 Å². The molecule has 0 aliphatic heterocycles. The van der Waals surface area contributed by atoms with Gasteiger partial charge >= 0.3 is 5.97 Å². The summed E-state index contributed by atoms with van der Waals surface area (Å²) in [5, 5.41) is 0. The summed E-state index contributed by atoms with van der Waals surface area (Å²) in [6, 6.07) is 0.203. The van der Waals surface area contributed by atoms with Crippen LogP contribution in [0.4, 0.5) is 0 Å². The number of hydrogen-bond donors (Lipinski definition) is 0. The molecule has 1 aromatic heterocycles. The van der Waals surface area contributed by atoms with E-state index in [2.05, 4.69) is 12.2 Å². The zero-order chi connectivity index (χ0) is 11.5. The summed E-state index contributed by atoms with van der Waals surface area (Å²) in [4.78, 5) is 15.8. The Morgan fingerprint density at radius 1 is 1.50 bits per heavy atom. The summed E-state index contributed by atoms with van der Waals surface area (Å²) in [5.41, 5.74) is 0. The zero-order valence-electron chi connectivity index (χ0n) is 8.87. The van der Waals surface area contributed by atoms with Crippen LogP contribution in [0.1, 0.15) is 19.4 Å². The lowest BCUT2D eigenvalue weighted by Gasteiger charge is -2.14. The minimum atomic E-state index is -0.382. The highest BCUT2D eigenvalue weighted by molar-refractivity contribution is 7.71. The number of nitrogens with zero attached hydrogens (tertiary/aromatic N) is 2. The molecular formula is C11H12N2O2S. The van der Waals surface area contributed by atoms with Gasteiger partial charge in [0.05, 0.1) is 12.2 Å². The summed E-state index contributed by atoms with van der Waals surface area (Å²) < 4.78 is 3.70. The highest BCUT2D eigenvalue weighted by Gasteiger charge is 2.11. The summed E-state index contributed by atoms with van der Waals surface area (Å²) in [6.45, 7) is 1.35. The standard InChI is InChI=1S/C11H12N2O2S/c1-9(14)15-13-8-7-12(11(13)16)10-5-3-2-4-6-10/h2-5,7-8,10H,6H2,1H3. The smallest absolute Gasteiger partial charge is 0.329 e. The van der Waals surface area contributed by atoms with Crippen LogP contribution in [0.5, 0.6) is 0 Å². The van der Waals surface area contributed by atoms with Crippen molar-refractivity contribution in [3.05, 3.63) is 41.5 Å². The maximum absolute atomic E-state index is 10.8. The molecule has 0 amide bonds. The van der Waals surface area contributed by atoms with Gasteiger partial charge in [-0.15, -0.1) is 0 Å². The number of allylic oxidation sites excluding steroid dienone is 4. The third kappa shape index (κ3) is 2.14. The third-order valence-corrected chi connectivity index (χ3v) is 2.71. The topological polar surface area (TPSA) is 36.2 Å². The van der Waals surface area contributed by atoms with Gasteiger partial charge in [-0.2, -0.15) is 4.73 Å². The molecule has 0 fully saturated rings. The highest BCUT2D eigenvalue weighted by Crippen LogP contribution is 2.18. The Hall–Kier alpha value is -1.62. The number of rotatable bonds is 2. The van der Waals surface area contributed by atoms with Crippen molar-refractivity contribution in [3.63, 3.8) is 0 Å². The molecule has 4 nitrogen and oxygen atoms in total. The predicted octanol–water partition coefficient (Wildman–Crippen LogP) is 2.05. The Morgan fingerprint density at radius 2 is 2.31 bits per heavy atom. The minimum absolute atomic E-state index is 0.203. The van der Waals surface area contributed by atoms with Crippen LogP contribution in [0, 0.1) is 4.77 Å². The number of carbonyl (C=O) groups is 1. The number of hydrogen-bond acceptors (Lipinski definition) is 3. The van der Waals surface area contributed by atoms with E-state index < -0.39 is 0 Å². The second kappa shape index (κ2) is 4.49. The van der Waals surface area contributed by atoms with Crippen molar-refractivity contribution >= 4 is 18.2 Å². The summed E-state index contributed by atoms with van der Waals surface area (Å²) in [5.74, 6) is -0.382. The van der Waals surface area contributed by atoms with E-state index in [1.165, 1.54) is 11.7 Å². The van der Waals surface area contributed by atoms with E-state index in [0.29, 0.717) is 4.77 Å². The lowest BCUT2D eigenvalue weighted by Crippen LogP contribution is -2.17. The first kappa shape index (κ1) is 10.9. The maximum Gasteiger partial charge on any atom is 0.329 e. The van der Waals surface area contributed by atoms with E-state index in [1.54, 1.807) is 6.20 Å². The Balaban J connectivity index is 2.26. The van der Waals surface area contributed by atoms with E-state index in [1.807, 2.05) is 22.9 Å². The Kier molecular flexibility index (Phi) is 3.05. The Morgan fingerprint density at radius 3 is 2.94 bits per heavy atom. The van der Waals surface area contributed by atoms with Crippen LogP contribution in [0.3, 0.4) is 0 Å². The summed E-state index contributed by atoms with van der Waals surface area (Å²) >= 11 is 5.22. The molecule has 0 aromatic carbocycles. The van der Waals surface area contributed by atoms with Crippen molar-refractivity contribution in [2.75, 3.05) is 0 Å². The Labute approximate surface area is 98.4 Å². The molecule has 1 atom stereocenters. The van der Waals surface area contributed by atoms with Gasteiger partial charge in [-0.1, -0.05) is 24.3 Å². The largest absolute Gasteiger partial charge is 0.335 e. The SMILES string of the molecule is CC(=O)On1ccn(C2C=CC=CC2)c1=S. The fourth-order valence-corrected chi connectivity index (χ4v) is 1.90. The lowest BCUT2D eigenvalue weighted by atomic mass is 10.1. The average molecular weight is 236 g/mol. The fraction of sp³-hybridized carbons (Fsp3) is 0.273. The molecule has 0 saturated carbocycles. The molecule has 0 saturated heterocycles. The van der Waals surface area contributed by atoms with Crippen LogP contribution < -0.4 is 4.84 Å². The van der Waals surface area contributed by atoms with Crippen LogP contribution in [0.2, 0.25) is 0 Å². The van der Waals surface area contributed by atoms with Crippen molar-refractivity contribution in [3.8, 4) is 0 Å². The van der Waals surface area contributed by atoms with Crippen LogP contribution >= 0.6 is 12.2 Å². The van der Waals surface area contributed by atoms with Gasteiger partial charge in [-0.3, -0.25) is 0 Å². The van der Waals surface area contributed by atoms with Crippen molar-refractivity contribution in [2.45, 2.75) is 19.4 Å². The zero-order valence-corrected chi connectivity index (χ0v) is 9.68. The average Bonchev–Trinajstić information content (AvgIpc) is 2.61. The summed E-state index contributed by atoms with van der Waals surface area (Å²) in [6.07, 6.45) is 12.5. The van der Waals surface area contributed by atoms with Gasteiger partial charge in [-0.05, 0) is 18.6 Å². The molecule has 1 unspecified atom stereocenters. The maximum atomic E-state index is 10.8. The third-order valence-electron chi connectivity index (χ3n) is 2.31. The molecule has 0 radical (unpaired) electrons. The first-order valence-corrected chi connectivity index (χ1v) is 5.41. The molecule has 2 rings (SSSR count). The molecule has 1 aliphatic rings. The first-order valence-electron chi connectivity index (χ1n) is 5.00. The number of carbonyl (C=O) groups excluding carboxylic acids is 1. The molecule has 1 aromatic rings. The molecule has 0 bridgehead atoms. The second-order valence-corrected chi connectivity index (χ2v) is 3.88. The van der Waals surface area contributed by atoms with Gasteiger partial charge in [0.2, 0.25) is 4.77 Å². The molecule has 0 N–H and O–H groups in total. The lowest BCUT2D eigenvalue weighted by molar-refractivity contribution is -0.141. The van der Waals surface area contributed by atoms with Crippen molar-refractivity contribution < 1.29 is 9.63 Å². The Bertz CT molecular complexity index is 510. The van der Waals surface area contributed by atoms with Crippen LogP contribution in [0.25, 0.3) is 0 Å². The van der Waals surface area contributed by atoms with Crippen molar-refractivity contribution in [1.29, 1.82) is 0 Å². The van der Waals surface area contributed by atoms with Gasteiger partial charge in [0.1, 0.15) is 0 Å². The number of aromatic nitrogens is 2. The molecule has 0 spiro atoms. The van der Waals surface area contributed by atoms with E-state index >= 15 is 0 Å². The first-order chi connectivity index (χ1) is 7.68. The molecule has 16 heavy (non-hydrogen) atoms. The van der Waals surface area contributed by atoms with Crippen LogP contribution in [-0.4, -0.2) is 15.3 Å². The van der Waals surface area contributed by atoms with Crippen molar-refractivity contribution in [1.82, 2.24) is 9.30 Å². The quantitative estimate of drug-likeness (QED) is 0.737. The fourth-order valence-electron chi connectivity index (χ4n) is 1.61. The van der Waals surface area contributed by atoms with E-state index in [4.69, 9.17) is 17.1 Å². The predicted molar refractivity (Wildman–Crippen MR) is 62.5 cm³/mol. The van der Waals surface area contributed by atoms with Gasteiger partial charge in [-0.25, -0.2) is 4.79 Å². The molecule has 5 heteroatoms. The molecule has 1 aliphatic carbocycles. The van der Waals surface area contributed by atoms with Gasteiger partial charge in [0.15, 0.2) is 0 Å². The molecule has 1 heterocycles. The van der Waals surface area contributed by atoms with Crippen LogP contribution in [-0.2, 0) is 4.79 Å². The van der Waals surface area contributed by atoms with Gasteiger partial charge in [0, 0.05) is 13.1 Å². The monoisotopic (exact) mass is 236 g/mol. The van der Waals surface area contributed by atoms with Gasteiger partial charge < -0.3 is 9.40 Å². The van der Waals surface area contributed by atoms with E-state index in [-0.39, 0.29) is 12.0 Å².